The van der Waals surface area contributed by atoms with Crippen molar-refractivity contribution in [3.8, 4) is 0 Å². The third kappa shape index (κ3) is 9.93. The van der Waals surface area contributed by atoms with Crippen LogP contribution in [0.25, 0.3) is 0 Å². The van der Waals surface area contributed by atoms with Crippen LogP contribution in [0.2, 0.25) is 0 Å². The molecular weight excluding hydrogens is 275 g/mol. The first kappa shape index (κ1) is 19.1. The fourth-order valence-electron chi connectivity index (χ4n) is 0.508. The smallest absolute Gasteiger partial charge is 1.00 e. The first-order chi connectivity index (χ1) is 6.83. The largest absolute Gasteiger partial charge is 1.00 e. The fourth-order valence-corrected chi connectivity index (χ4v) is 1.64. The van der Waals surface area contributed by atoms with Crippen LogP contribution in [-0.4, -0.2) is 58.6 Å². The van der Waals surface area contributed by atoms with Crippen LogP contribution < -0.4 is 29.6 Å². The van der Waals surface area contributed by atoms with E-state index < -0.39 is 51.7 Å². The van der Waals surface area contributed by atoms with Crippen LogP contribution in [0, 0.1) is 0 Å². The molecule has 0 unspecified atom stereocenters. The molecule has 0 aromatic heterocycles. The first-order valence-corrected chi connectivity index (χ1v) is 6.94. The summed E-state index contributed by atoms with van der Waals surface area (Å²) in [4.78, 5) is 0. The summed E-state index contributed by atoms with van der Waals surface area (Å²) in [6, 6.07) is 0. The van der Waals surface area contributed by atoms with E-state index in [4.69, 9.17) is 10.2 Å². The molecule has 0 aliphatic heterocycles. The number of hydrogen-bond donors (Lipinski definition) is 2. The molecule has 2 N–H and O–H groups in total. The van der Waals surface area contributed by atoms with Crippen molar-refractivity contribution in [3.05, 3.63) is 0 Å². The molecule has 0 aromatic rings. The van der Waals surface area contributed by atoms with Crippen LogP contribution in [0.1, 0.15) is 1.43 Å². The Kier molecular flexibility index (Phi) is 10.5. The summed E-state index contributed by atoms with van der Waals surface area (Å²) in [5.41, 5.74) is 0. The predicted octanol–water partition coefficient (Wildman–Crippen LogP) is -5.26. The maximum atomic E-state index is 10.8. The van der Waals surface area contributed by atoms with E-state index in [0.29, 0.717) is 0 Å². The van der Waals surface area contributed by atoms with Crippen molar-refractivity contribution >= 4 is 20.2 Å². The zero-order valence-electron chi connectivity index (χ0n) is 9.70. The van der Waals surface area contributed by atoms with Gasteiger partial charge in [-0.3, -0.25) is 0 Å². The van der Waals surface area contributed by atoms with Crippen molar-refractivity contribution in [1.82, 2.24) is 0 Å². The van der Waals surface area contributed by atoms with Crippen LogP contribution >= 0.6 is 0 Å². The van der Waals surface area contributed by atoms with Crippen LogP contribution in [-0.2, 0) is 28.6 Å². The Morgan fingerprint density at radius 3 is 1.44 bits per heavy atom. The minimum absolute atomic E-state index is 0. The summed E-state index contributed by atoms with van der Waals surface area (Å²) >= 11 is 0. The van der Waals surface area contributed by atoms with E-state index in [0.717, 1.165) is 0 Å². The van der Waals surface area contributed by atoms with Gasteiger partial charge >= 0.3 is 29.6 Å². The van der Waals surface area contributed by atoms with Crippen molar-refractivity contribution in [2.45, 2.75) is 0 Å². The second-order valence-corrected chi connectivity index (χ2v) is 5.84. The van der Waals surface area contributed by atoms with Crippen molar-refractivity contribution in [2.24, 2.45) is 0 Å². The molecule has 0 aromatic carbocycles. The molecule has 0 saturated heterocycles. The molecule has 0 aliphatic carbocycles. The van der Waals surface area contributed by atoms with Gasteiger partial charge in [0.2, 0.25) is 0 Å². The number of rotatable bonds is 8. The van der Waals surface area contributed by atoms with Crippen molar-refractivity contribution < 1.29 is 66.4 Å². The average Bonchev–Trinajstić information content (AvgIpc) is 2.02. The second-order valence-electron chi connectivity index (χ2n) is 2.32. The third-order valence-corrected chi connectivity index (χ3v) is 3.41. The van der Waals surface area contributed by atoms with E-state index in [1.807, 2.05) is 0 Å². The Bertz CT molecular complexity index is 329. The minimum atomic E-state index is -3.97. The molecule has 0 bridgehead atoms. The second kappa shape index (κ2) is 8.78. The van der Waals surface area contributed by atoms with Gasteiger partial charge in [-0.1, -0.05) is 0 Å². The van der Waals surface area contributed by atoms with Gasteiger partial charge in [0.15, 0.2) is 6.79 Å². The van der Waals surface area contributed by atoms with E-state index in [-0.39, 0.29) is 31.0 Å². The van der Waals surface area contributed by atoms with Gasteiger partial charge in [-0.15, -0.1) is 0 Å². The van der Waals surface area contributed by atoms with Gasteiger partial charge in [0, 0.05) is 0 Å². The molecule has 0 fully saturated rings. The topological polar surface area (TPSA) is 127 Å². The van der Waals surface area contributed by atoms with Gasteiger partial charge in [0.25, 0.3) is 20.2 Å². The Morgan fingerprint density at radius 1 is 0.875 bits per heavy atom. The zero-order valence-corrected chi connectivity index (χ0v) is 12.3. The number of hydrogen-bond acceptors (Lipinski definition) is 8. The van der Waals surface area contributed by atoms with Crippen LogP contribution in [0.3, 0.4) is 0 Å². The Labute approximate surface area is 118 Å². The van der Waals surface area contributed by atoms with Gasteiger partial charge in [-0.05, 0) is 0 Å². The molecule has 0 spiro atoms. The molecule has 8 nitrogen and oxygen atoms in total. The third-order valence-electron chi connectivity index (χ3n) is 1.14. The number of aliphatic hydroxyl groups is 2. The maximum absolute atomic E-state index is 10.8. The number of aliphatic hydroxyl groups excluding tert-OH is 2. The maximum Gasteiger partial charge on any atom is 1.00 e. The van der Waals surface area contributed by atoms with E-state index >= 15 is 0 Å². The van der Waals surface area contributed by atoms with E-state index in [9.17, 15) is 16.8 Å². The van der Waals surface area contributed by atoms with E-state index in [2.05, 4.69) is 8.37 Å². The molecule has 11 heteroatoms. The molecule has 0 rings (SSSR count). The summed E-state index contributed by atoms with van der Waals surface area (Å²) < 4.78 is 51.2. The van der Waals surface area contributed by atoms with Crippen molar-refractivity contribution in [1.29, 1.82) is 0 Å². The standard InChI is InChI=1S/C5H12O8S2.Na.H/c6-1-3-14(8,9)12-5-13-15(10,11)4-2-7;;/h6-7H,1-5H2;;/q;+1;-1. The summed E-state index contributed by atoms with van der Waals surface area (Å²) in [6.07, 6.45) is 0. The van der Waals surface area contributed by atoms with E-state index in [1.54, 1.807) is 0 Å². The van der Waals surface area contributed by atoms with Crippen LogP contribution in [0.5, 0.6) is 0 Å². The van der Waals surface area contributed by atoms with Crippen molar-refractivity contribution in [3.63, 3.8) is 0 Å². The average molecular weight is 288 g/mol. The molecular formula is C5H13NaO8S2. The van der Waals surface area contributed by atoms with Crippen LogP contribution in [0.4, 0.5) is 0 Å². The Balaban J connectivity index is -0.000000980. The van der Waals surface area contributed by atoms with Crippen molar-refractivity contribution in [2.75, 3.05) is 31.5 Å². The zero-order chi connectivity index (χ0) is 11.9. The van der Waals surface area contributed by atoms with E-state index in [1.165, 1.54) is 0 Å². The fraction of sp³-hybridized carbons (Fsp3) is 1.00. The first-order valence-electron chi connectivity index (χ1n) is 3.79. The Hall–Kier alpha value is 0.740. The summed E-state index contributed by atoms with van der Waals surface area (Å²) in [6.45, 7) is -2.26. The monoisotopic (exact) mass is 288 g/mol. The Morgan fingerprint density at radius 2 is 1.19 bits per heavy atom. The molecule has 0 amide bonds. The molecule has 0 aliphatic rings. The molecule has 94 valence electrons. The molecule has 0 radical (unpaired) electrons. The van der Waals surface area contributed by atoms with Gasteiger partial charge in [-0.25, -0.2) is 8.37 Å². The van der Waals surface area contributed by atoms with Gasteiger partial charge in [-0.2, -0.15) is 16.8 Å². The van der Waals surface area contributed by atoms with Crippen LogP contribution in [0.15, 0.2) is 0 Å². The quantitative estimate of drug-likeness (QED) is 0.258. The molecule has 0 heterocycles. The predicted molar refractivity (Wildman–Crippen MR) is 49.9 cm³/mol. The molecule has 0 saturated carbocycles. The normalized spacial score (nSPS) is 12.1. The summed E-state index contributed by atoms with van der Waals surface area (Å²) in [5.74, 6) is -1.28. The van der Waals surface area contributed by atoms with Gasteiger partial charge in [0.05, 0.1) is 24.7 Å². The van der Waals surface area contributed by atoms with Gasteiger partial charge in [0.1, 0.15) is 0 Å². The summed E-state index contributed by atoms with van der Waals surface area (Å²) in [7, 11) is -7.94. The molecule has 0 atom stereocenters. The molecule has 16 heavy (non-hydrogen) atoms. The van der Waals surface area contributed by atoms with Gasteiger partial charge < -0.3 is 11.6 Å². The SMILES string of the molecule is O=S(=O)(CCO)OCOS(=O)(=O)CCO.[H-].[Na+]. The summed E-state index contributed by atoms with van der Waals surface area (Å²) in [5, 5.41) is 16.6. The minimum Gasteiger partial charge on any atom is -1.00 e.